The van der Waals surface area contributed by atoms with Crippen LogP contribution in [-0.2, 0) is 9.59 Å². The smallest absolute Gasteiger partial charge is 0.325 e. The molecule has 2 rings (SSSR count). The van der Waals surface area contributed by atoms with Crippen LogP contribution in [0.5, 0.6) is 0 Å². The summed E-state index contributed by atoms with van der Waals surface area (Å²) in [4.78, 5) is 39.7. The van der Waals surface area contributed by atoms with Crippen molar-refractivity contribution in [3.05, 3.63) is 0 Å². The summed E-state index contributed by atoms with van der Waals surface area (Å²) in [6.45, 7) is 4.81. The molecule has 1 saturated heterocycles. The number of nitrogens with one attached hydrogen (secondary N) is 1. The van der Waals surface area contributed by atoms with E-state index in [1.54, 1.807) is 4.90 Å². The predicted octanol–water partition coefficient (Wildman–Crippen LogP) is 1.50. The first kappa shape index (κ1) is 15.8. The number of imide groups is 1. The Morgan fingerprint density at radius 2 is 1.71 bits per heavy atom. The molecule has 6 nitrogen and oxygen atoms in total. The van der Waals surface area contributed by atoms with Gasteiger partial charge in [-0.15, -0.1) is 0 Å². The number of urea groups is 1. The second-order valence-electron chi connectivity index (χ2n) is 5.88. The topological polar surface area (TPSA) is 69.7 Å². The molecule has 6 heteroatoms. The Bertz CT molecular complexity index is 424. The second kappa shape index (κ2) is 6.45. The molecule has 2 aliphatic rings. The van der Waals surface area contributed by atoms with Gasteiger partial charge in [0.25, 0.3) is 5.91 Å². The Hall–Kier alpha value is -1.59. The first-order chi connectivity index (χ1) is 10.0. The number of nitrogens with zero attached hydrogens (tertiary/aromatic N) is 2. The number of rotatable bonds is 4. The Kier molecular flexibility index (Phi) is 4.85. The van der Waals surface area contributed by atoms with E-state index in [9.17, 15) is 14.4 Å². The lowest BCUT2D eigenvalue weighted by atomic mass is 9.90. The van der Waals surface area contributed by atoms with Gasteiger partial charge in [0.05, 0.1) is 0 Å². The van der Waals surface area contributed by atoms with Crippen LogP contribution in [-0.4, -0.2) is 52.8 Å². The maximum absolute atomic E-state index is 12.7. The lowest BCUT2D eigenvalue weighted by molar-refractivity contribution is -0.139. The van der Waals surface area contributed by atoms with Crippen molar-refractivity contribution in [1.29, 1.82) is 0 Å². The fraction of sp³-hybridized carbons (Fsp3) is 0.800. The summed E-state index contributed by atoms with van der Waals surface area (Å²) in [6, 6.07) is -0.414. The van der Waals surface area contributed by atoms with Crippen LogP contribution in [0, 0.1) is 0 Å². The van der Waals surface area contributed by atoms with Crippen molar-refractivity contribution in [3.63, 3.8) is 0 Å². The van der Waals surface area contributed by atoms with Gasteiger partial charge in [0.2, 0.25) is 5.91 Å². The molecule has 1 aliphatic heterocycles. The van der Waals surface area contributed by atoms with E-state index in [1.165, 1.54) is 0 Å². The van der Waals surface area contributed by atoms with Crippen LogP contribution in [0.2, 0.25) is 0 Å². The predicted molar refractivity (Wildman–Crippen MR) is 78.6 cm³/mol. The molecule has 2 fully saturated rings. The van der Waals surface area contributed by atoms with Crippen LogP contribution in [0.4, 0.5) is 4.79 Å². The van der Waals surface area contributed by atoms with E-state index in [2.05, 4.69) is 5.32 Å². The minimum Gasteiger partial charge on any atom is -0.342 e. The first-order valence-electron chi connectivity index (χ1n) is 7.96. The molecule has 1 spiro atoms. The molecule has 0 radical (unpaired) electrons. The fourth-order valence-electron chi connectivity index (χ4n) is 3.30. The lowest BCUT2D eigenvalue weighted by Gasteiger charge is -2.25. The van der Waals surface area contributed by atoms with E-state index in [0.29, 0.717) is 25.9 Å². The van der Waals surface area contributed by atoms with Gasteiger partial charge >= 0.3 is 6.03 Å². The SMILES string of the molecule is CCN(CC)C(=O)CN1C(=O)NC2(CCCCCC2)C1=O. The van der Waals surface area contributed by atoms with Gasteiger partial charge in [0.15, 0.2) is 0 Å². The van der Waals surface area contributed by atoms with Gasteiger partial charge in [-0.2, -0.15) is 0 Å². The normalized spacial score (nSPS) is 21.3. The molecular weight excluding hydrogens is 270 g/mol. The zero-order chi connectivity index (χ0) is 15.5. The van der Waals surface area contributed by atoms with Crippen molar-refractivity contribution < 1.29 is 14.4 Å². The largest absolute Gasteiger partial charge is 0.342 e. The van der Waals surface area contributed by atoms with Crippen LogP contribution in [0.1, 0.15) is 52.4 Å². The fourth-order valence-corrected chi connectivity index (χ4v) is 3.30. The Morgan fingerprint density at radius 3 is 2.24 bits per heavy atom. The van der Waals surface area contributed by atoms with Gasteiger partial charge in [-0.1, -0.05) is 25.7 Å². The van der Waals surface area contributed by atoms with Crippen molar-refractivity contribution in [1.82, 2.24) is 15.1 Å². The Labute approximate surface area is 125 Å². The standard InChI is InChI=1S/C15H25N3O3/c1-3-17(4-2)12(19)11-18-13(20)15(16-14(18)21)9-7-5-6-8-10-15/h3-11H2,1-2H3,(H,16,21). The third kappa shape index (κ3) is 3.04. The molecule has 0 bridgehead atoms. The third-order valence-electron chi connectivity index (χ3n) is 4.61. The molecule has 0 atom stereocenters. The molecule has 1 saturated carbocycles. The summed E-state index contributed by atoms with van der Waals surface area (Å²) in [7, 11) is 0. The minimum absolute atomic E-state index is 0.145. The summed E-state index contributed by atoms with van der Waals surface area (Å²) >= 11 is 0. The zero-order valence-corrected chi connectivity index (χ0v) is 13.0. The number of amides is 4. The highest BCUT2D eigenvalue weighted by atomic mass is 16.2. The van der Waals surface area contributed by atoms with E-state index in [-0.39, 0.29) is 18.4 Å². The highest BCUT2D eigenvalue weighted by molar-refractivity contribution is 6.09. The van der Waals surface area contributed by atoms with Crippen LogP contribution in [0.15, 0.2) is 0 Å². The van der Waals surface area contributed by atoms with Gasteiger partial charge in [0, 0.05) is 13.1 Å². The molecule has 0 unspecified atom stereocenters. The Balaban J connectivity index is 2.09. The molecule has 118 valence electrons. The molecule has 1 aliphatic carbocycles. The second-order valence-corrected chi connectivity index (χ2v) is 5.88. The molecular formula is C15H25N3O3. The quantitative estimate of drug-likeness (QED) is 0.799. The van der Waals surface area contributed by atoms with Gasteiger partial charge < -0.3 is 10.2 Å². The monoisotopic (exact) mass is 295 g/mol. The van der Waals surface area contributed by atoms with Crippen LogP contribution >= 0.6 is 0 Å². The van der Waals surface area contributed by atoms with E-state index < -0.39 is 11.6 Å². The molecule has 1 N–H and O–H groups in total. The Morgan fingerprint density at radius 1 is 1.14 bits per heavy atom. The minimum atomic E-state index is -0.753. The summed E-state index contributed by atoms with van der Waals surface area (Å²) in [5.41, 5.74) is -0.753. The number of likely N-dealkylation sites (N-methyl/N-ethyl adjacent to an activating group) is 1. The highest BCUT2D eigenvalue weighted by Crippen LogP contribution is 2.32. The van der Waals surface area contributed by atoms with Crippen molar-refractivity contribution in [2.45, 2.75) is 57.9 Å². The molecule has 0 aromatic heterocycles. The van der Waals surface area contributed by atoms with Gasteiger partial charge in [-0.25, -0.2) is 4.79 Å². The number of carbonyl (C=O) groups is 3. The van der Waals surface area contributed by atoms with Crippen molar-refractivity contribution in [2.24, 2.45) is 0 Å². The molecule has 1 heterocycles. The van der Waals surface area contributed by atoms with E-state index >= 15 is 0 Å². The highest BCUT2D eigenvalue weighted by Gasteiger charge is 2.51. The molecule has 21 heavy (non-hydrogen) atoms. The van der Waals surface area contributed by atoms with Gasteiger partial charge in [-0.3, -0.25) is 14.5 Å². The molecule has 0 aromatic rings. The van der Waals surface area contributed by atoms with Crippen LogP contribution in [0.25, 0.3) is 0 Å². The van der Waals surface area contributed by atoms with E-state index in [4.69, 9.17) is 0 Å². The maximum Gasteiger partial charge on any atom is 0.325 e. The number of hydrogen-bond acceptors (Lipinski definition) is 3. The van der Waals surface area contributed by atoms with Gasteiger partial charge in [-0.05, 0) is 26.7 Å². The summed E-state index contributed by atoms with van der Waals surface area (Å²) in [5, 5.41) is 2.86. The zero-order valence-electron chi connectivity index (χ0n) is 13.0. The average Bonchev–Trinajstić information content (AvgIpc) is 2.65. The summed E-state index contributed by atoms with van der Waals surface area (Å²) in [5.74, 6) is -0.385. The van der Waals surface area contributed by atoms with Crippen molar-refractivity contribution in [2.75, 3.05) is 19.6 Å². The van der Waals surface area contributed by atoms with Crippen molar-refractivity contribution in [3.8, 4) is 0 Å². The van der Waals surface area contributed by atoms with Crippen LogP contribution in [0.3, 0.4) is 0 Å². The van der Waals surface area contributed by atoms with Gasteiger partial charge in [0.1, 0.15) is 12.1 Å². The van der Waals surface area contributed by atoms with Crippen molar-refractivity contribution >= 4 is 17.8 Å². The summed E-state index contributed by atoms with van der Waals surface area (Å²) < 4.78 is 0. The lowest BCUT2D eigenvalue weighted by Crippen LogP contribution is -2.47. The maximum atomic E-state index is 12.7. The van der Waals surface area contributed by atoms with E-state index in [0.717, 1.165) is 30.6 Å². The average molecular weight is 295 g/mol. The third-order valence-corrected chi connectivity index (χ3v) is 4.61. The number of carbonyl (C=O) groups excluding carboxylic acids is 3. The number of hydrogen-bond donors (Lipinski definition) is 1. The van der Waals surface area contributed by atoms with Crippen LogP contribution < -0.4 is 5.32 Å². The van der Waals surface area contributed by atoms with E-state index in [1.807, 2.05) is 13.8 Å². The molecule has 0 aromatic carbocycles. The summed E-state index contributed by atoms with van der Waals surface area (Å²) in [6.07, 6.45) is 5.47. The first-order valence-corrected chi connectivity index (χ1v) is 7.96. The molecule has 4 amide bonds.